The number of hydrogen-bond donors (Lipinski definition) is 1. The normalized spacial score (nSPS) is 16.0. The molecule has 2 aromatic carbocycles. The molecule has 0 unspecified atom stereocenters. The van der Waals surface area contributed by atoms with Gasteiger partial charge in [-0.2, -0.15) is 0 Å². The fraction of sp³-hybridized carbons (Fsp3) is 0.304. The third-order valence-electron chi connectivity index (χ3n) is 5.33. The van der Waals surface area contributed by atoms with Crippen molar-refractivity contribution in [2.75, 3.05) is 32.3 Å². The van der Waals surface area contributed by atoms with Crippen LogP contribution in [0.5, 0.6) is 17.2 Å². The second kappa shape index (κ2) is 8.90. The number of benzene rings is 2. The summed E-state index contributed by atoms with van der Waals surface area (Å²) in [5, 5.41) is 2.94. The maximum absolute atomic E-state index is 12.6. The van der Waals surface area contributed by atoms with Crippen molar-refractivity contribution < 1.29 is 23.8 Å². The molecular weight excluding hydrogens is 384 g/mol. The average Bonchev–Trinajstić information content (AvgIpc) is 3.25. The Balaban J connectivity index is 1.28. The Bertz CT molecular complexity index is 964. The van der Waals surface area contributed by atoms with Gasteiger partial charge in [-0.1, -0.05) is 12.1 Å². The van der Waals surface area contributed by atoms with Gasteiger partial charge in [0, 0.05) is 36.8 Å². The highest BCUT2D eigenvalue weighted by Crippen LogP contribution is 2.34. The third-order valence-corrected chi connectivity index (χ3v) is 5.33. The SMILES string of the molecule is COc1cccc(/C=C/C(=O)N2CCC(C(=O)Nc3ccc4c(c3)OCO4)CC2)c1. The standard InChI is InChI=1S/C23H24N2O5/c1-28-19-4-2-3-16(13-19)5-8-22(26)25-11-9-17(10-12-25)23(27)24-18-6-7-20-21(14-18)30-15-29-20/h2-8,13-14,17H,9-12,15H2,1H3,(H,24,27)/b8-5+. The van der Waals surface area contributed by atoms with Crippen LogP contribution in [0.2, 0.25) is 0 Å². The first-order valence-electron chi connectivity index (χ1n) is 9.94. The Kier molecular flexibility index (Phi) is 5.88. The van der Waals surface area contributed by atoms with Gasteiger partial charge in [0.1, 0.15) is 5.75 Å². The molecule has 0 spiro atoms. The number of piperidine rings is 1. The Hall–Kier alpha value is -3.48. The quantitative estimate of drug-likeness (QED) is 0.768. The highest BCUT2D eigenvalue weighted by molar-refractivity contribution is 5.94. The van der Waals surface area contributed by atoms with Gasteiger partial charge in [-0.15, -0.1) is 0 Å². The molecular formula is C23H24N2O5. The smallest absolute Gasteiger partial charge is 0.246 e. The first-order valence-corrected chi connectivity index (χ1v) is 9.94. The summed E-state index contributed by atoms with van der Waals surface area (Å²) in [7, 11) is 1.61. The molecule has 30 heavy (non-hydrogen) atoms. The molecule has 1 fully saturated rings. The van der Waals surface area contributed by atoms with Crippen molar-refractivity contribution in [3.63, 3.8) is 0 Å². The molecule has 0 atom stereocenters. The summed E-state index contributed by atoms with van der Waals surface area (Å²) in [5.74, 6) is 1.86. The van der Waals surface area contributed by atoms with Crippen LogP contribution >= 0.6 is 0 Å². The number of likely N-dealkylation sites (tertiary alicyclic amines) is 1. The van der Waals surface area contributed by atoms with E-state index >= 15 is 0 Å². The summed E-state index contributed by atoms with van der Waals surface area (Å²) in [6.07, 6.45) is 4.62. The van der Waals surface area contributed by atoms with Gasteiger partial charge in [-0.05, 0) is 48.7 Å². The van der Waals surface area contributed by atoms with Crippen LogP contribution in [0.1, 0.15) is 18.4 Å². The minimum Gasteiger partial charge on any atom is -0.497 e. The monoisotopic (exact) mass is 408 g/mol. The first-order chi connectivity index (χ1) is 14.6. The van der Waals surface area contributed by atoms with Crippen LogP contribution in [-0.4, -0.2) is 43.7 Å². The Labute approximate surface area is 175 Å². The van der Waals surface area contributed by atoms with Crippen LogP contribution in [0.15, 0.2) is 48.5 Å². The minimum atomic E-state index is -0.123. The molecule has 1 saturated heterocycles. The van der Waals surface area contributed by atoms with Gasteiger partial charge >= 0.3 is 0 Å². The topological polar surface area (TPSA) is 77.1 Å². The van der Waals surface area contributed by atoms with Crippen LogP contribution in [0.25, 0.3) is 6.08 Å². The summed E-state index contributed by atoms with van der Waals surface area (Å²) in [4.78, 5) is 26.9. The van der Waals surface area contributed by atoms with E-state index in [2.05, 4.69) is 5.32 Å². The molecule has 156 valence electrons. The highest BCUT2D eigenvalue weighted by Gasteiger charge is 2.27. The van der Waals surface area contributed by atoms with Gasteiger partial charge in [-0.25, -0.2) is 0 Å². The van der Waals surface area contributed by atoms with Crippen molar-refractivity contribution in [3.8, 4) is 17.2 Å². The number of anilines is 1. The summed E-state index contributed by atoms with van der Waals surface area (Å²) >= 11 is 0. The molecule has 2 aliphatic rings. The van der Waals surface area contributed by atoms with E-state index in [0.717, 1.165) is 11.3 Å². The van der Waals surface area contributed by atoms with Crippen molar-refractivity contribution in [1.29, 1.82) is 0 Å². The lowest BCUT2D eigenvalue weighted by Crippen LogP contribution is -2.40. The van der Waals surface area contributed by atoms with Crippen molar-refractivity contribution in [2.24, 2.45) is 5.92 Å². The van der Waals surface area contributed by atoms with Crippen LogP contribution in [0.4, 0.5) is 5.69 Å². The molecule has 0 saturated carbocycles. The van der Waals surface area contributed by atoms with E-state index in [1.54, 1.807) is 42.4 Å². The second-order valence-corrected chi connectivity index (χ2v) is 7.27. The highest BCUT2D eigenvalue weighted by atomic mass is 16.7. The summed E-state index contributed by atoms with van der Waals surface area (Å²) in [5.41, 5.74) is 1.59. The van der Waals surface area contributed by atoms with Crippen LogP contribution < -0.4 is 19.5 Å². The van der Waals surface area contributed by atoms with E-state index in [1.807, 2.05) is 24.3 Å². The van der Waals surface area contributed by atoms with Crippen LogP contribution in [-0.2, 0) is 9.59 Å². The fourth-order valence-corrected chi connectivity index (χ4v) is 3.60. The number of amides is 2. The van der Waals surface area contributed by atoms with Crippen molar-refractivity contribution >= 4 is 23.6 Å². The molecule has 2 aliphatic heterocycles. The van der Waals surface area contributed by atoms with E-state index in [0.29, 0.717) is 43.1 Å². The fourth-order valence-electron chi connectivity index (χ4n) is 3.60. The van der Waals surface area contributed by atoms with E-state index in [-0.39, 0.29) is 24.5 Å². The zero-order valence-corrected chi connectivity index (χ0v) is 16.8. The number of nitrogens with one attached hydrogen (secondary N) is 1. The Morgan fingerprint density at radius 3 is 2.70 bits per heavy atom. The lowest BCUT2D eigenvalue weighted by molar-refractivity contribution is -0.130. The molecule has 7 heteroatoms. The molecule has 4 rings (SSSR count). The predicted octanol–water partition coefficient (Wildman–Crippen LogP) is 3.31. The minimum absolute atomic E-state index is 0.0344. The number of ether oxygens (including phenoxy) is 3. The second-order valence-electron chi connectivity index (χ2n) is 7.27. The van der Waals surface area contributed by atoms with E-state index in [4.69, 9.17) is 14.2 Å². The number of nitrogens with zero attached hydrogens (tertiary/aromatic N) is 1. The summed E-state index contributed by atoms with van der Waals surface area (Å²) < 4.78 is 15.8. The number of carbonyl (C=O) groups is 2. The number of fused-ring (bicyclic) bond motifs is 1. The molecule has 2 heterocycles. The molecule has 0 aliphatic carbocycles. The average molecular weight is 408 g/mol. The number of methoxy groups -OCH3 is 1. The summed E-state index contributed by atoms with van der Waals surface area (Å²) in [6.45, 7) is 1.31. The van der Waals surface area contributed by atoms with Crippen molar-refractivity contribution in [3.05, 3.63) is 54.1 Å². The first kappa shape index (κ1) is 19.8. The van der Waals surface area contributed by atoms with E-state index in [9.17, 15) is 9.59 Å². The van der Waals surface area contributed by atoms with Gasteiger partial charge in [0.05, 0.1) is 7.11 Å². The predicted molar refractivity (Wildman–Crippen MR) is 113 cm³/mol. The maximum atomic E-state index is 12.6. The number of hydrogen-bond acceptors (Lipinski definition) is 5. The zero-order valence-electron chi connectivity index (χ0n) is 16.8. The maximum Gasteiger partial charge on any atom is 0.246 e. The Morgan fingerprint density at radius 1 is 1.10 bits per heavy atom. The zero-order chi connectivity index (χ0) is 20.9. The van der Waals surface area contributed by atoms with Gasteiger partial charge in [0.25, 0.3) is 0 Å². The molecule has 1 N–H and O–H groups in total. The number of carbonyl (C=O) groups excluding carboxylic acids is 2. The molecule has 0 bridgehead atoms. The largest absolute Gasteiger partial charge is 0.497 e. The van der Waals surface area contributed by atoms with Crippen molar-refractivity contribution in [2.45, 2.75) is 12.8 Å². The number of rotatable bonds is 5. The van der Waals surface area contributed by atoms with Crippen LogP contribution in [0.3, 0.4) is 0 Å². The van der Waals surface area contributed by atoms with E-state index in [1.165, 1.54) is 0 Å². The van der Waals surface area contributed by atoms with E-state index < -0.39 is 0 Å². The van der Waals surface area contributed by atoms with Gasteiger partial charge in [-0.3, -0.25) is 9.59 Å². The van der Waals surface area contributed by atoms with Gasteiger partial charge < -0.3 is 24.4 Å². The molecule has 0 radical (unpaired) electrons. The lowest BCUT2D eigenvalue weighted by atomic mass is 9.95. The summed E-state index contributed by atoms with van der Waals surface area (Å²) in [6, 6.07) is 12.9. The molecule has 2 aromatic rings. The third kappa shape index (κ3) is 4.56. The molecule has 0 aromatic heterocycles. The van der Waals surface area contributed by atoms with Crippen LogP contribution in [0, 0.1) is 5.92 Å². The lowest BCUT2D eigenvalue weighted by Gasteiger charge is -2.30. The van der Waals surface area contributed by atoms with Gasteiger partial charge in [0.15, 0.2) is 11.5 Å². The van der Waals surface area contributed by atoms with Crippen molar-refractivity contribution in [1.82, 2.24) is 4.90 Å². The molecule has 2 amide bonds. The Morgan fingerprint density at radius 2 is 1.90 bits per heavy atom. The molecule has 7 nitrogen and oxygen atoms in total. The van der Waals surface area contributed by atoms with Gasteiger partial charge in [0.2, 0.25) is 18.6 Å².